The number of rotatable bonds is 7. The molecule has 0 aliphatic heterocycles. The zero-order valence-corrected chi connectivity index (χ0v) is 12.9. The predicted molar refractivity (Wildman–Crippen MR) is 82.8 cm³/mol. The van der Waals surface area contributed by atoms with Crippen molar-refractivity contribution < 1.29 is 4.79 Å². The molecule has 1 aromatic heterocycles. The Morgan fingerprint density at radius 2 is 2.05 bits per heavy atom. The van der Waals surface area contributed by atoms with Crippen LogP contribution in [0.15, 0.2) is 12.1 Å². The first-order valence-corrected chi connectivity index (χ1v) is 7.02. The lowest BCUT2D eigenvalue weighted by atomic mass is 9.93. The molecule has 0 bridgehead atoms. The Morgan fingerprint density at radius 1 is 1.40 bits per heavy atom. The summed E-state index contributed by atoms with van der Waals surface area (Å²) in [6.45, 7) is 10.5. The molecule has 5 nitrogen and oxygen atoms in total. The van der Waals surface area contributed by atoms with Gasteiger partial charge in [-0.1, -0.05) is 20.8 Å². The Hall–Kier alpha value is -1.62. The number of hydrogen-bond acceptors (Lipinski definition) is 4. The van der Waals surface area contributed by atoms with Crippen LogP contribution in [0.1, 0.15) is 43.2 Å². The molecular weight excluding hydrogens is 252 g/mol. The number of pyridine rings is 1. The van der Waals surface area contributed by atoms with Crippen LogP contribution in [0.5, 0.6) is 0 Å². The third kappa shape index (κ3) is 4.49. The fourth-order valence-electron chi connectivity index (χ4n) is 2.08. The Bertz CT molecular complexity index is 471. The van der Waals surface area contributed by atoms with Crippen molar-refractivity contribution in [3.63, 3.8) is 0 Å². The van der Waals surface area contributed by atoms with Crippen LogP contribution in [-0.4, -0.2) is 30.5 Å². The molecule has 0 fully saturated rings. The number of primary amides is 1. The Morgan fingerprint density at radius 3 is 2.55 bits per heavy atom. The highest BCUT2D eigenvalue weighted by molar-refractivity contribution is 5.93. The van der Waals surface area contributed by atoms with Crippen molar-refractivity contribution in [2.75, 3.05) is 24.5 Å². The van der Waals surface area contributed by atoms with Crippen molar-refractivity contribution in [2.24, 2.45) is 16.9 Å². The van der Waals surface area contributed by atoms with E-state index in [0.29, 0.717) is 12.1 Å². The first kappa shape index (κ1) is 16.4. The van der Waals surface area contributed by atoms with Gasteiger partial charge in [0.15, 0.2) is 0 Å². The highest BCUT2D eigenvalue weighted by Crippen LogP contribution is 2.21. The summed E-state index contributed by atoms with van der Waals surface area (Å²) in [5.41, 5.74) is 12.5. The first-order valence-electron chi connectivity index (χ1n) is 7.02. The molecule has 0 saturated heterocycles. The maximum atomic E-state index is 11.4. The van der Waals surface area contributed by atoms with E-state index in [2.05, 4.69) is 30.7 Å². The summed E-state index contributed by atoms with van der Waals surface area (Å²) in [5.74, 6) is 0.369. The summed E-state index contributed by atoms with van der Waals surface area (Å²) in [4.78, 5) is 18.1. The number of nitrogens with zero attached hydrogens (tertiary/aromatic N) is 2. The normalized spacial score (nSPS) is 11.4. The number of amides is 1. The van der Waals surface area contributed by atoms with Gasteiger partial charge in [-0.05, 0) is 37.4 Å². The van der Waals surface area contributed by atoms with Gasteiger partial charge in [0.25, 0.3) is 0 Å². The summed E-state index contributed by atoms with van der Waals surface area (Å²) in [5, 5.41) is 0. The molecular formula is C15H26N4O. The minimum Gasteiger partial charge on any atom is -0.366 e. The third-order valence-electron chi connectivity index (χ3n) is 3.21. The third-order valence-corrected chi connectivity index (χ3v) is 3.21. The second kappa shape index (κ2) is 6.70. The topological polar surface area (TPSA) is 85.2 Å². The van der Waals surface area contributed by atoms with E-state index >= 15 is 0 Å². The Kier molecular flexibility index (Phi) is 5.51. The summed E-state index contributed by atoms with van der Waals surface area (Å²) in [6.07, 6.45) is 1.00. The van der Waals surface area contributed by atoms with Crippen molar-refractivity contribution in [3.05, 3.63) is 23.4 Å². The van der Waals surface area contributed by atoms with Crippen LogP contribution < -0.4 is 16.4 Å². The fourth-order valence-corrected chi connectivity index (χ4v) is 2.08. The summed E-state index contributed by atoms with van der Waals surface area (Å²) in [6, 6.07) is 3.47. The maximum absolute atomic E-state index is 11.4. The van der Waals surface area contributed by atoms with E-state index in [-0.39, 0.29) is 5.41 Å². The smallest absolute Gasteiger partial charge is 0.248 e. The molecule has 4 N–H and O–H groups in total. The summed E-state index contributed by atoms with van der Waals surface area (Å²) in [7, 11) is 0. The molecule has 0 aliphatic carbocycles. The first-order chi connectivity index (χ1) is 9.29. The Labute approximate surface area is 121 Å². The number of carbonyl (C=O) groups is 1. The van der Waals surface area contributed by atoms with E-state index in [4.69, 9.17) is 11.5 Å². The number of aromatic nitrogens is 1. The van der Waals surface area contributed by atoms with Gasteiger partial charge in [0.05, 0.1) is 0 Å². The molecule has 0 radical (unpaired) electrons. The van der Waals surface area contributed by atoms with Gasteiger partial charge in [-0.2, -0.15) is 0 Å². The molecule has 1 aromatic rings. The fraction of sp³-hybridized carbons (Fsp3) is 0.600. The van der Waals surface area contributed by atoms with Crippen molar-refractivity contribution in [2.45, 2.75) is 34.1 Å². The molecule has 0 saturated carbocycles. The van der Waals surface area contributed by atoms with Gasteiger partial charge in [-0.25, -0.2) is 4.98 Å². The quantitative estimate of drug-likeness (QED) is 0.794. The van der Waals surface area contributed by atoms with Crippen LogP contribution in [0.25, 0.3) is 0 Å². The highest BCUT2D eigenvalue weighted by Gasteiger charge is 2.21. The lowest BCUT2D eigenvalue weighted by Crippen LogP contribution is -2.39. The van der Waals surface area contributed by atoms with E-state index in [9.17, 15) is 4.79 Å². The van der Waals surface area contributed by atoms with Gasteiger partial charge in [-0.15, -0.1) is 0 Å². The van der Waals surface area contributed by atoms with Crippen LogP contribution in [0.3, 0.4) is 0 Å². The molecule has 0 aliphatic rings. The molecule has 0 atom stereocenters. The lowest BCUT2D eigenvalue weighted by Gasteiger charge is -2.32. The van der Waals surface area contributed by atoms with Gasteiger partial charge in [0.1, 0.15) is 5.82 Å². The molecule has 0 spiro atoms. The number of aryl methyl sites for hydroxylation is 1. The molecule has 0 unspecified atom stereocenters. The standard InChI is InChI=1S/C15H26N4O/c1-5-6-19(10-15(3,4)9-16)13-8-12(14(17)20)7-11(2)18-13/h7-8H,5-6,9-10,16H2,1-4H3,(H2,17,20). The lowest BCUT2D eigenvalue weighted by molar-refractivity contribution is 0.1000. The molecule has 20 heavy (non-hydrogen) atoms. The molecule has 5 heteroatoms. The predicted octanol–water partition coefficient (Wildman–Crippen LogP) is 1.69. The average molecular weight is 278 g/mol. The van der Waals surface area contributed by atoms with Gasteiger partial charge in [0, 0.05) is 24.3 Å². The van der Waals surface area contributed by atoms with Crippen LogP contribution in [0.4, 0.5) is 5.82 Å². The second-order valence-electron chi connectivity index (χ2n) is 6.01. The van der Waals surface area contributed by atoms with Crippen molar-refractivity contribution in [1.82, 2.24) is 4.98 Å². The average Bonchev–Trinajstić information content (AvgIpc) is 2.37. The minimum atomic E-state index is -0.425. The zero-order valence-electron chi connectivity index (χ0n) is 12.9. The van der Waals surface area contributed by atoms with E-state index in [0.717, 1.165) is 31.0 Å². The van der Waals surface area contributed by atoms with Crippen LogP contribution >= 0.6 is 0 Å². The molecule has 0 aromatic carbocycles. The number of anilines is 1. The monoisotopic (exact) mass is 278 g/mol. The molecule has 1 rings (SSSR count). The minimum absolute atomic E-state index is 0.00647. The molecule has 1 heterocycles. The number of nitrogens with two attached hydrogens (primary N) is 2. The number of carbonyl (C=O) groups excluding carboxylic acids is 1. The number of hydrogen-bond donors (Lipinski definition) is 2. The van der Waals surface area contributed by atoms with Crippen LogP contribution in [0.2, 0.25) is 0 Å². The SMILES string of the molecule is CCCN(CC(C)(C)CN)c1cc(C(N)=O)cc(C)n1. The Balaban J connectivity index is 3.11. The largest absolute Gasteiger partial charge is 0.366 e. The van der Waals surface area contributed by atoms with Crippen molar-refractivity contribution >= 4 is 11.7 Å². The van der Waals surface area contributed by atoms with Gasteiger partial charge in [0.2, 0.25) is 5.91 Å². The summed E-state index contributed by atoms with van der Waals surface area (Å²) < 4.78 is 0. The van der Waals surface area contributed by atoms with Crippen LogP contribution in [-0.2, 0) is 0 Å². The van der Waals surface area contributed by atoms with E-state index in [1.165, 1.54) is 0 Å². The summed E-state index contributed by atoms with van der Waals surface area (Å²) >= 11 is 0. The van der Waals surface area contributed by atoms with Crippen molar-refractivity contribution in [1.29, 1.82) is 0 Å². The molecule has 1 amide bonds. The van der Waals surface area contributed by atoms with E-state index in [1.54, 1.807) is 12.1 Å². The molecule has 112 valence electrons. The van der Waals surface area contributed by atoms with Crippen LogP contribution in [0, 0.1) is 12.3 Å². The zero-order chi connectivity index (χ0) is 15.3. The van der Waals surface area contributed by atoms with Gasteiger partial charge in [-0.3, -0.25) is 4.79 Å². The van der Waals surface area contributed by atoms with E-state index in [1.807, 2.05) is 6.92 Å². The van der Waals surface area contributed by atoms with Crippen molar-refractivity contribution in [3.8, 4) is 0 Å². The second-order valence-corrected chi connectivity index (χ2v) is 6.01. The highest BCUT2D eigenvalue weighted by atomic mass is 16.1. The van der Waals surface area contributed by atoms with Gasteiger partial charge < -0.3 is 16.4 Å². The maximum Gasteiger partial charge on any atom is 0.248 e. The van der Waals surface area contributed by atoms with Gasteiger partial charge >= 0.3 is 0 Å². The van der Waals surface area contributed by atoms with E-state index < -0.39 is 5.91 Å².